The Labute approximate surface area is 116 Å². The van der Waals surface area contributed by atoms with Crippen LogP contribution in [0.25, 0.3) is 0 Å². The van der Waals surface area contributed by atoms with E-state index in [1.165, 1.54) is 0 Å². The summed E-state index contributed by atoms with van der Waals surface area (Å²) in [4.78, 5) is 21.5. The minimum absolute atomic E-state index is 0.181. The lowest BCUT2D eigenvalue weighted by Gasteiger charge is -2.03. The van der Waals surface area contributed by atoms with E-state index in [-0.39, 0.29) is 6.61 Å². The molecule has 0 amide bonds. The SMILES string of the molecule is CCOCCCCCC(=O)CCCCCOCC=O. The number of hydrogen-bond acceptors (Lipinski definition) is 4. The molecule has 0 aliphatic rings. The van der Waals surface area contributed by atoms with Gasteiger partial charge in [0.25, 0.3) is 0 Å². The number of carbonyl (C=O) groups excluding carboxylic acids is 2. The number of ketones is 1. The zero-order valence-electron chi connectivity index (χ0n) is 12.2. The van der Waals surface area contributed by atoms with E-state index in [4.69, 9.17) is 9.47 Å². The molecule has 0 atom stereocenters. The summed E-state index contributed by atoms with van der Waals surface area (Å²) in [5, 5.41) is 0. The van der Waals surface area contributed by atoms with E-state index >= 15 is 0 Å². The number of Topliss-reactive ketones (excluding diaryl/α,β-unsaturated/α-hetero) is 1. The second-order valence-corrected chi connectivity index (χ2v) is 4.60. The largest absolute Gasteiger partial charge is 0.382 e. The molecule has 0 aromatic heterocycles. The molecule has 0 radical (unpaired) electrons. The number of hydrogen-bond donors (Lipinski definition) is 0. The van der Waals surface area contributed by atoms with Gasteiger partial charge in [-0.1, -0.05) is 12.8 Å². The average Bonchev–Trinajstić information content (AvgIpc) is 2.41. The van der Waals surface area contributed by atoms with E-state index in [0.717, 1.165) is 58.0 Å². The van der Waals surface area contributed by atoms with Gasteiger partial charge < -0.3 is 14.3 Å². The van der Waals surface area contributed by atoms with Gasteiger partial charge in [-0.05, 0) is 32.6 Å². The molecule has 4 nitrogen and oxygen atoms in total. The second kappa shape index (κ2) is 15.3. The molecule has 0 rings (SSSR count). The maximum Gasteiger partial charge on any atom is 0.145 e. The van der Waals surface area contributed by atoms with Crippen molar-refractivity contribution in [3.63, 3.8) is 0 Å². The van der Waals surface area contributed by atoms with E-state index in [1.54, 1.807) is 0 Å². The van der Waals surface area contributed by atoms with E-state index < -0.39 is 0 Å². The lowest BCUT2D eigenvalue weighted by molar-refractivity contribution is -0.119. The molecule has 0 aliphatic heterocycles. The van der Waals surface area contributed by atoms with Gasteiger partial charge in [0, 0.05) is 32.7 Å². The van der Waals surface area contributed by atoms with Gasteiger partial charge in [0.05, 0.1) is 0 Å². The van der Waals surface area contributed by atoms with Crippen molar-refractivity contribution in [1.82, 2.24) is 0 Å². The van der Waals surface area contributed by atoms with Crippen molar-refractivity contribution < 1.29 is 19.1 Å². The fraction of sp³-hybridized carbons (Fsp3) is 0.867. The number of unbranched alkanes of at least 4 members (excludes halogenated alkanes) is 4. The Morgan fingerprint density at radius 3 is 2.00 bits per heavy atom. The Morgan fingerprint density at radius 1 is 0.895 bits per heavy atom. The minimum atomic E-state index is 0.181. The number of carbonyl (C=O) groups is 2. The van der Waals surface area contributed by atoms with Crippen LogP contribution in [0.5, 0.6) is 0 Å². The van der Waals surface area contributed by atoms with Crippen molar-refractivity contribution in [2.75, 3.05) is 26.4 Å². The van der Waals surface area contributed by atoms with Crippen molar-refractivity contribution in [1.29, 1.82) is 0 Å². The van der Waals surface area contributed by atoms with Crippen LogP contribution in [-0.2, 0) is 19.1 Å². The Balaban J connectivity index is 3.14. The van der Waals surface area contributed by atoms with Gasteiger partial charge in [-0.25, -0.2) is 0 Å². The molecule has 0 saturated heterocycles. The highest BCUT2D eigenvalue weighted by molar-refractivity contribution is 5.78. The molecular weight excluding hydrogens is 244 g/mol. The molecule has 112 valence electrons. The van der Waals surface area contributed by atoms with Crippen LogP contribution in [0.2, 0.25) is 0 Å². The Kier molecular flexibility index (Phi) is 14.7. The van der Waals surface area contributed by atoms with Crippen LogP contribution in [0.4, 0.5) is 0 Å². The third kappa shape index (κ3) is 15.2. The van der Waals surface area contributed by atoms with Crippen LogP contribution in [0, 0.1) is 0 Å². The summed E-state index contributed by atoms with van der Waals surface area (Å²) in [6.07, 6.45) is 8.10. The molecule has 0 aromatic rings. The molecule has 0 N–H and O–H groups in total. The number of ether oxygens (including phenoxy) is 2. The van der Waals surface area contributed by atoms with Gasteiger partial charge in [0.15, 0.2) is 0 Å². The van der Waals surface area contributed by atoms with Crippen molar-refractivity contribution in [3.8, 4) is 0 Å². The second-order valence-electron chi connectivity index (χ2n) is 4.60. The molecule has 0 heterocycles. The first-order valence-corrected chi connectivity index (χ1v) is 7.42. The van der Waals surface area contributed by atoms with Gasteiger partial charge in [-0.2, -0.15) is 0 Å². The fourth-order valence-corrected chi connectivity index (χ4v) is 1.81. The quantitative estimate of drug-likeness (QED) is 0.340. The van der Waals surface area contributed by atoms with Gasteiger partial charge in [0.2, 0.25) is 0 Å². The van der Waals surface area contributed by atoms with E-state index in [9.17, 15) is 9.59 Å². The summed E-state index contributed by atoms with van der Waals surface area (Å²) in [6.45, 7) is 4.37. The van der Waals surface area contributed by atoms with E-state index in [0.29, 0.717) is 25.2 Å². The predicted molar refractivity (Wildman–Crippen MR) is 75.3 cm³/mol. The van der Waals surface area contributed by atoms with Crippen LogP contribution in [0.15, 0.2) is 0 Å². The first-order valence-electron chi connectivity index (χ1n) is 7.42. The van der Waals surface area contributed by atoms with E-state index in [1.807, 2.05) is 6.92 Å². The van der Waals surface area contributed by atoms with Gasteiger partial charge in [-0.15, -0.1) is 0 Å². The van der Waals surface area contributed by atoms with Crippen LogP contribution in [0.1, 0.15) is 58.3 Å². The molecule has 0 unspecified atom stereocenters. The zero-order valence-corrected chi connectivity index (χ0v) is 12.2. The van der Waals surface area contributed by atoms with Crippen LogP contribution < -0.4 is 0 Å². The summed E-state index contributed by atoms with van der Waals surface area (Å²) in [6, 6.07) is 0. The molecule has 0 bridgehead atoms. The highest BCUT2D eigenvalue weighted by atomic mass is 16.5. The summed E-state index contributed by atoms with van der Waals surface area (Å²) >= 11 is 0. The average molecular weight is 272 g/mol. The maximum absolute atomic E-state index is 11.6. The van der Waals surface area contributed by atoms with Crippen LogP contribution in [0.3, 0.4) is 0 Å². The molecule has 0 aliphatic carbocycles. The molecule has 0 fully saturated rings. The Bertz CT molecular complexity index is 216. The normalized spacial score (nSPS) is 10.6. The maximum atomic E-state index is 11.6. The molecule has 0 aromatic carbocycles. The van der Waals surface area contributed by atoms with E-state index in [2.05, 4.69) is 0 Å². The summed E-state index contributed by atoms with van der Waals surface area (Å²) < 4.78 is 10.3. The predicted octanol–water partition coefficient (Wildman–Crippen LogP) is 2.93. The third-order valence-electron chi connectivity index (χ3n) is 2.88. The Hall–Kier alpha value is -0.740. The molecule has 19 heavy (non-hydrogen) atoms. The third-order valence-corrected chi connectivity index (χ3v) is 2.88. The molecule has 0 saturated carbocycles. The van der Waals surface area contributed by atoms with Crippen molar-refractivity contribution >= 4 is 12.1 Å². The highest BCUT2D eigenvalue weighted by Crippen LogP contribution is 2.07. The van der Waals surface area contributed by atoms with Crippen molar-refractivity contribution in [3.05, 3.63) is 0 Å². The van der Waals surface area contributed by atoms with Gasteiger partial charge >= 0.3 is 0 Å². The number of rotatable bonds is 15. The number of aldehydes is 1. The summed E-state index contributed by atoms with van der Waals surface area (Å²) in [5.74, 6) is 0.366. The Morgan fingerprint density at radius 2 is 1.47 bits per heavy atom. The fourth-order valence-electron chi connectivity index (χ4n) is 1.81. The summed E-state index contributed by atoms with van der Waals surface area (Å²) in [5.41, 5.74) is 0. The smallest absolute Gasteiger partial charge is 0.145 e. The lowest BCUT2D eigenvalue weighted by atomic mass is 10.1. The molecule has 0 spiro atoms. The lowest BCUT2D eigenvalue weighted by Crippen LogP contribution is -2.00. The summed E-state index contributed by atoms with van der Waals surface area (Å²) in [7, 11) is 0. The van der Waals surface area contributed by atoms with Crippen LogP contribution in [-0.4, -0.2) is 38.5 Å². The topological polar surface area (TPSA) is 52.6 Å². The minimum Gasteiger partial charge on any atom is -0.382 e. The molecule has 4 heteroatoms. The monoisotopic (exact) mass is 272 g/mol. The highest BCUT2D eigenvalue weighted by Gasteiger charge is 2.01. The van der Waals surface area contributed by atoms with Crippen molar-refractivity contribution in [2.24, 2.45) is 0 Å². The zero-order chi connectivity index (χ0) is 14.2. The van der Waals surface area contributed by atoms with Gasteiger partial charge in [-0.3, -0.25) is 4.79 Å². The standard InChI is InChI=1S/C15H28O4/c1-2-18-12-7-3-5-9-15(17)10-6-4-8-13-19-14-11-16/h11H,2-10,12-14H2,1H3. The first kappa shape index (κ1) is 18.3. The van der Waals surface area contributed by atoms with Crippen molar-refractivity contribution in [2.45, 2.75) is 58.3 Å². The first-order chi connectivity index (χ1) is 9.31. The van der Waals surface area contributed by atoms with Gasteiger partial charge in [0.1, 0.15) is 18.7 Å². The van der Waals surface area contributed by atoms with Crippen LogP contribution >= 0.6 is 0 Å². The molecular formula is C15H28O4.